The second-order valence-electron chi connectivity index (χ2n) is 5.04. The van der Waals surface area contributed by atoms with E-state index < -0.39 is 0 Å². The van der Waals surface area contributed by atoms with Gasteiger partial charge in [-0.2, -0.15) is 0 Å². The fraction of sp³-hybridized carbons (Fsp3) is 0.692. The van der Waals surface area contributed by atoms with E-state index in [1.807, 2.05) is 7.05 Å². The third kappa shape index (κ3) is 4.04. The summed E-state index contributed by atoms with van der Waals surface area (Å²) in [4.78, 5) is 11.0. The van der Waals surface area contributed by atoms with Crippen molar-refractivity contribution < 1.29 is 0 Å². The van der Waals surface area contributed by atoms with Crippen molar-refractivity contribution >= 4 is 27.6 Å². The molecule has 1 saturated heterocycles. The molecule has 1 aliphatic rings. The number of halogens is 1. The fourth-order valence-electron chi connectivity index (χ4n) is 2.45. The number of anilines is 2. The highest BCUT2D eigenvalue weighted by atomic mass is 79.9. The second-order valence-corrected chi connectivity index (χ2v) is 5.83. The van der Waals surface area contributed by atoms with E-state index >= 15 is 0 Å². The molecule has 1 unspecified atom stereocenters. The smallest absolute Gasteiger partial charge is 0.146 e. The first-order valence-corrected chi connectivity index (χ1v) is 7.67. The molecule has 0 aromatic carbocycles. The standard InChI is InChI=1S/C13H22BrN5/c1-10(8-19-6-4-3-5-7-19)18-13-11(14)12(15-2)16-9-17-13/h9-10H,3-8H2,1-2H3,(H2,15,16,17,18). The zero-order valence-electron chi connectivity index (χ0n) is 11.6. The summed E-state index contributed by atoms with van der Waals surface area (Å²) < 4.78 is 0.892. The van der Waals surface area contributed by atoms with Crippen LogP contribution in [0.5, 0.6) is 0 Å². The molecule has 1 fully saturated rings. The van der Waals surface area contributed by atoms with Gasteiger partial charge in [0.05, 0.1) is 0 Å². The van der Waals surface area contributed by atoms with Crippen molar-refractivity contribution in [3.8, 4) is 0 Å². The Morgan fingerprint density at radius 2 is 1.95 bits per heavy atom. The molecule has 19 heavy (non-hydrogen) atoms. The molecule has 0 radical (unpaired) electrons. The Kier molecular flexibility index (Phi) is 5.39. The molecule has 0 amide bonds. The van der Waals surface area contributed by atoms with E-state index in [1.165, 1.54) is 32.4 Å². The van der Waals surface area contributed by atoms with Crippen LogP contribution in [-0.4, -0.2) is 47.6 Å². The number of likely N-dealkylation sites (tertiary alicyclic amines) is 1. The summed E-state index contributed by atoms with van der Waals surface area (Å²) in [5.74, 6) is 1.66. The predicted octanol–water partition coefficient (Wildman–Crippen LogP) is 2.57. The number of aromatic nitrogens is 2. The molecule has 2 N–H and O–H groups in total. The van der Waals surface area contributed by atoms with Crippen LogP contribution < -0.4 is 10.6 Å². The Balaban J connectivity index is 1.92. The Bertz CT molecular complexity index is 406. The topological polar surface area (TPSA) is 53.1 Å². The Labute approximate surface area is 123 Å². The van der Waals surface area contributed by atoms with E-state index in [0.717, 1.165) is 22.7 Å². The van der Waals surface area contributed by atoms with Crippen LogP contribution in [0.25, 0.3) is 0 Å². The number of hydrogen-bond donors (Lipinski definition) is 2. The molecule has 0 spiro atoms. The predicted molar refractivity (Wildman–Crippen MR) is 82.7 cm³/mol. The van der Waals surface area contributed by atoms with E-state index in [2.05, 4.69) is 48.4 Å². The summed E-state index contributed by atoms with van der Waals surface area (Å²) in [5.41, 5.74) is 0. The average molecular weight is 328 g/mol. The second kappa shape index (κ2) is 7.05. The van der Waals surface area contributed by atoms with Crippen molar-refractivity contribution in [2.75, 3.05) is 37.3 Å². The van der Waals surface area contributed by atoms with Crippen LogP contribution in [0.15, 0.2) is 10.8 Å². The van der Waals surface area contributed by atoms with Gasteiger partial charge in [0.1, 0.15) is 22.4 Å². The highest BCUT2D eigenvalue weighted by molar-refractivity contribution is 9.10. The lowest BCUT2D eigenvalue weighted by molar-refractivity contribution is 0.223. The third-order valence-corrected chi connectivity index (χ3v) is 4.14. The molecule has 1 aromatic heterocycles. The number of piperidine rings is 1. The molecule has 2 heterocycles. The summed E-state index contributed by atoms with van der Waals surface area (Å²) >= 11 is 3.53. The van der Waals surface area contributed by atoms with Crippen molar-refractivity contribution in [2.45, 2.75) is 32.2 Å². The van der Waals surface area contributed by atoms with Crippen molar-refractivity contribution in [3.63, 3.8) is 0 Å². The molecule has 106 valence electrons. The van der Waals surface area contributed by atoms with Gasteiger partial charge in [-0.25, -0.2) is 9.97 Å². The minimum Gasteiger partial charge on any atom is -0.372 e. The van der Waals surface area contributed by atoms with Crippen molar-refractivity contribution in [1.29, 1.82) is 0 Å². The molecule has 6 heteroatoms. The maximum Gasteiger partial charge on any atom is 0.146 e. The van der Waals surface area contributed by atoms with E-state index in [-0.39, 0.29) is 0 Å². The lowest BCUT2D eigenvalue weighted by atomic mass is 10.1. The molecule has 1 aliphatic heterocycles. The normalized spacial score (nSPS) is 18.1. The maximum atomic E-state index is 4.29. The average Bonchev–Trinajstić information content (AvgIpc) is 2.42. The lowest BCUT2D eigenvalue weighted by Gasteiger charge is -2.29. The van der Waals surface area contributed by atoms with E-state index in [4.69, 9.17) is 0 Å². The highest BCUT2D eigenvalue weighted by Gasteiger charge is 2.15. The molecule has 0 aliphatic carbocycles. The maximum absolute atomic E-state index is 4.29. The SMILES string of the molecule is CNc1ncnc(NC(C)CN2CCCCC2)c1Br. The molecule has 1 atom stereocenters. The van der Waals surface area contributed by atoms with Gasteiger partial charge < -0.3 is 15.5 Å². The van der Waals surface area contributed by atoms with Crippen LogP contribution in [0.1, 0.15) is 26.2 Å². The number of hydrogen-bond acceptors (Lipinski definition) is 5. The van der Waals surface area contributed by atoms with Gasteiger partial charge in [0.2, 0.25) is 0 Å². The van der Waals surface area contributed by atoms with Crippen LogP contribution in [0.3, 0.4) is 0 Å². The van der Waals surface area contributed by atoms with Gasteiger partial charge in [-0.05, 0) is 48.8 Å². The minimum atomic E-state index is 0.369. The van der Waals surface area contributed by atoms with Crippen LogP contribution in [0.4, 0.5) is 11.6 Å². The Morgan fingerprint density at radius 3 is 2.63 bits per heavy atom. The molecular formula is C13H22BrN5. The van der Waals surface area contributed by atoms with Gasteiger partial charge in [-0.15, -0.1) is 0 Å². The summed E-state index contributed by atoms with van der Waals surface area (Å²) in [5, 5.41) is 6.49. The first-order valence-electron chi connectivity index (χ1n) is 6.88. The quantitative estimate of drug-likeness (QED) is 0.870. The zero-order chi connectivity index (χ0) is 13.7. The summed E-state index contributed by atoms with van der Waals surface area (Å²) in [6.07, 6.45) is 5.61. The molecule has 5 nitrogen and oxygen atoms in total. The lowest BCUT2D eigenvalue weighted by Crippen LogP contribution is -2.38. The van der Waals surface area contributed by atoms with Gasteiger partial charge >= 0.3 is 0 Å². The third-order valence-electron chi connectivity index (χ3n) is 3.39. The van der Waals surface area contributed by atoms with Gasteiger partial charge in [0.15, 0.2) is 0 Å². The van der Waals surface area contributed by atoms with Crippen LogP contribution >= 0.6 is 15.9 Å². The van der Waals surface area contributed by atoms with Gasteiger partial charge in [0.25, 0.3) is 0 Å². The zero-order valence-corrected chi connectivity index (χ0v) is 13.2. The van der Waals surface area contributed by atoms with Gasteiger partial charge in [-0.1, -0.05) is 6.42 Å². The molecular weight excluding hydrogens is 306 g/mol. The number of rotatable bonds is 5. The van der Waals surface area contributed by atoms with Crippen LogP contribution in [0, 0.1) is 0 Å². The van der Waals surface area contributed by atoms with Crippen molar-refractivity contribution in [3.05, 3.63) is 10.8 Å². The van der Waals surface area contributed by atoms with E-state index in [9.17, 15) is 0 Å². The fourth-order valence-corrected chi connectivity index (χ4v) is 2.97. The summed E-state index contributed by atoms with van der Waals surface area (Å²) in [6, 6.07) is 0.369. The monoisotopic (exact) mass is 327 g/mol. The Morgan fingerprint density at radius 1 is 1.26 bits per heavy atom. The van der Waals surface area contributed by atoms with Crippen LogP contribution in [0.2, 0.25) is 0 Å². The first-order chi connectivity index (χ1) is 9.20. The first kappa shape index (κ1) is 14.5. The van der Waals surface area contributed by atoms with E-state index in [1.54, 1.807) is 6.33 Å². The molecule has 2 rings (SSSR count). The number of nitrogens with zero attached hydrogens (tertiary/aromatic N) is 3. The van der Waals surface area contributed by atoms with Crippen molar-refractivity contribution in [1.82, 2.24) is 14.9 Å². The molecule has 1 aromatic rings. The highest BCUT2D eigenvalue weighted by Crippen LogP contribution is 2.26. The summed E-state index contributed by atoms with van der Waals surface area (Å²) in [6.45, 7) is 5.70. The number of nitrogens with one attached hydrogen (secondary N) is 2. The minimum absolute atomic E-state index is 0.369. The van der Waals surface area contributed by atoms with Crippen LogP contribution in [-0.2, 0) is 0 Å². The molecule has 0 bridgehead atoms. The largest absolute Gasteiger partial charge is 0.372 e. The van der Waals surface area contributed by atoms with Gasteiger partial charge in [-0.3, -0.25) is 0 Å². The summed E-state index contributed by atoms with van der Waals surface area (Å²) in [7, 11) is 1.86. The Hall–Kier alpha value is -0.880. The van der Waals surface area contributed by atoms with Crippen molar-refractivity contribution in [2.24, 2.45) is 0 Å². The van der Waals surface area contributed by atoms with E-state index in [0.29, 0.717) is 6.04 Å². The van der Waals surface area contributed by atoms with Gasteiger partial charge in [0, 0.05) is 19.6 Å². The molecule has 0 saturated carbocycles.